The SMILES string of the molecule is CC.CC.CCOC(=O)Cc1cn(Cc2ccc(Oc3ccccc3)cc2)c2ccccc12. The fourth-order valence-electron chi connectivity index (χ4n) is 3.45. The van der Waals surface area contributed by atoms with E-state index in [1.54, 1.807) is 0 Å². The molecular weight excluding hydrogens is 410 g/mol. The number of fused-ring (bicyclic) bond motifs is 1. The molecule has 4 aromatic rings. The Bertz CT molecular complexity index is 1100. The molecule has 0 aliphatic rings. The third kappa shape index (κ3) is 7.25. The van der Waals surface area contributed by atoms with Crippen molar-refractivity contribution in [3.63, 3.8) is 0 Å². The average Bonchev–Trinajstić information content (AvgIpc) is 3.20. The predicted octanol–water partition coefficient (Wildman–Crippen LogP) is 7.64. The molecule has 0 atom stereocenters. The highest BCUT2D eigenvalue weighted by atomic mass is 16.5. The summed E-state index contributed by atoms with van der Waals surface area (Å²) in [5.74, 6) is 1.43. The van der Waals surface area contributed by atoms with Gasteiger partial charge in [-0.25, -0.2) is 0 Å². The van der Waals surface area contributed by atoms with Crippen LogP contribution in [0.1, 0.15) is 45.7 Å². The van der Waals surface area contributed by atoms with Crippen molar-refractivity contribution in [2.24, 2.45) is 0 Å². The molecule has 0 radical (unpaired) electrons. The second-order valence-electron chi connectivity index (χ2n) is 6.84. The lowest BCUT2D eigenvalue weighted by Gasteiger charge is -2.08. The molecule has 1 heterocycles. The van der Waals surface area contributed by atoms with Crippen molar-refractivity contribution in [2.45, 2.75) is 47.6 Å². The van der Waals surface area contributed by atoms with Gasteiger partial charge in [0.2, 0.25) is 0 Å². The van der Waals surface area contributed by atoms with E-state index >= 15 is 0 Å². The molecule has 0 saturated heterocycles. The van der Waals surface area contributed by atoms with Crippen LogP contribution in [-0.4, -0.2) is 17.1 Å². The second kappa shape index (κ2) is 13.8. The topological polar surface area (TPSA) is 40.5 Å². The van der Waals surface area contributed by atoms with E-state index in [1.165, 1.54) is 0 Å². The maximum atomic E-state index is 12.0. The minimum atomic E-state index is -0.196. The molecule has 3 aromatic carbocycles. The van der Waals surface area contributed by atoms with Gasteiger partial charge in [-0.05, 0) is 48.4 Å². The molecule has 1 aromatic heterocycles. The zero-order valence-electron chi connectivity index (χ0n) is 20.4. The van der Waals surface area contributed by atoms with Crippen molar-refractivity contribution in [1.29, 1.82) is 0 Å². The van der Waals surface area contributed by atoms with Gasteiger partial charge in [0, 0.05) is 23.6 Å². The molecule has 0 saturated carbocycles. The molecule has 0 spiro atoms. The molecule has 4 rings (SSSR count). The third-order valence-corrected chi connectivity index (χ3v) is 4.77. The molecule has 33 heavy (non-hydrogen) atoms. The van der Waals surface area contributed by atoms with E-state index in [4.69, 9.17) is 9.47 Å². The van der Waals surface area contributed by atoms with Crippen LogP contribution in [0, 0.1) is 0 Å². The van der Waals surface area contributed by atoms with Crippen LogP contribution >= 0.6 is 0 Å². The minimum Gasteiger partial charge on any atom is -0.466 e. The van der Waals surface area contributed by atoms with Crippen LogP contribution in [0.25, 0.3) is 10.9 Å². The van der Waals surface area contributed by atoms with E-state index in [9.17, 15) is 4.79 Å². The summed E-state index contributed by atoms with van der Waals surface area (Å²) < 4.78 is 13.2. The van der Waals surface area contributed by atoms with E-state index in [1.807, 2.05) is 89.2 Å². The monoisotopic (exact) mass is 445 g/mol. The van der Waals surface area contributed by atoms with E-state index in [2.05, 4.69) is 35.0 Å². The van der Waals surface area contributed by atoms with Gasteiger partial charge in [-0.15, -0.1) is 0 Å². The van der Waals surface area contributed by atoms with Crippen molar-refractivity contribution in [3.05, 3.63) is 96.2 Å². The van der Waals surface area contributed by atoms with Gasteiger partial charge in [-0.1, -0.05) is 76.2 Å². The Labute approximate surface area is 197 Å². The molecule has 0 fully saturated rings. The number of esters is 1. The van der Waals surface area contributed by atoms with Gasteiger partial charge in [0.25, 0.3) is 0 Å². The van der Waals surface area contributed by atoms with Crippen molar-refractivity contribution in [3.8, 4) is 11.5 Å². The number of para-hydroxylation sites is 2. The van der Waals surface area contributed by atoms with Crippen LogP contribution in [0.2, 0.25) is 0 Å². The van der Waals surface area contributed by atoms with E-state index in [0.29, 0.717) is 6.61 Å². The Balaban J connectivity index is 0.000000914. The highest BCUT2D eigenvalue weighted by molar-refractivity contribution is 5.88. The Morgan fingerprint density at radius 3 is 2.06 bits per heavy atom. The molecule has 0 aliphatic heterocycles. The number of ether oxygens (including phenoxy) is 2. The van der Waals surface area contributed by atoms with Crippen LogP contribution in [0.3, 0.4) is 0 Å². The van der Waals surface area contributed by atoms with Crippen molar-refractivity contribution < 1.29 is 14.3 Å². The van der Waals surface area contributed by atoms with E-state index < -0.39 is 0 Å². The molecule has 0 N–H and O–H groups in total. The number of hydrogen-bond acceptors (Lipinski definition) is 3. The number of carbonyl (C=O) groups excluding carboxylic acids is 1. The van der Waals surface area contributed by atoms with Crippen LogP contribution < -0.4 is 4.74 Å². The lowest BCUT2D eigenvalue weighted by atomic mass is 10.1. The summed E-state index contributed by atoms with van der Waals surface area (Å²) in [6, 6.07) is 26.0. The molecule has 0 unspecified atom stereocenters. The third-order valence-electron chi connectivity index (χ3n) is 4.77. The summed E-state index contributed by atoms with van der Waals surface area (Å²) in [5, 5.41) is 1.09. The van der Waals surface area contributed by atoms with Crippen LogP contribution in [0.4, 0.5) is 0 Å². The maximum Gasteiger partial charge on any atom is 0.310 e. The maximum absolute atomic E-state index is 12.0. The minimum absolute atomic E-state index is 0.196. The van der Waals surface area contributed by atoms with Crippen LogP contribution in [0.5, 0.6) is 11.5 Å². The fraction of sp³-hybridized carbons (Fsp3) is 0.276. The summed E-state index contributed by atoms with van der Waals surface area (Å²) in [4.78, 5) is 12.0. The molecule has 0 amide bonds. The Morgan fingerprint density at radius 1 is 0.788 bits per heavy atom. The van der Waals surface area contributed by atoms with Gasteiger partial charge in [-0.2, -0.15) is 0 Å². The molecule has 0 aliphatic carbocycles. The number of nitrogens with zero attached hydrogens (tertiary/aromatic N) is 1. The normalized spacial score (nSPS) is 9.85. The summed E-state index contributed by atoms with van der Waals surface area (Å²) in [6.07, 6.45) is 2.33. The predicted molar refractivity (Wildman–Crippen MR) is 137 cm³/mol. The van der Waals surface area contributed by atoms with Crippen molar-refractivity contribution >= 4 is 16.9 Å². The Kier molecular flexibility index (Phi) is 10.8. The lowest BCUT2D eigenvalue weighted by Crippen LogP contribution is -2.07. The number of hydrogen-bond donors (Lipinski definition) is 0. The summed E-state index contributed by atoms with van der Waals surface area (Å²) in [6.45, 7) is 10.9. The van der Waals surface area contributed by atoms with Crippen molar-refractivity contribution in [1.82, 2.24) is 4.57 Å². The first-order valence-electron chi connectivity index (χ1n) is 11.8. The fourth-order valence-corrected chi connectivity index (χ4v) is 3.45. The largest absolute Gasteiger partial charge is 0.466 e. The summed E-state index contributed by atoms with van der Waals surface area (Å²) in [5.41, 5.74) is 3.26. The van der Waals surface area contributed by atoms with Crippen molar-refractivity contribution in [2.75, 3.05) is 6.61 Å². The molecule has 4 heteroatoms. The lowest BCUT2D eigenvalue weighted by molar-refractivity contribution is -0.142. The zero-order chi connectivity index (χ0) is 24.1. The standard InChI is InChI=1S/C25H23NO3.2C2H6/c1-2-28-25(27)16-20-18-26(24-11-7-6-10-23(20)24)17-19-12-14-22(15-13-19)29-21-8-4-3-5-9-21;2*1-2/h3-15,18H,2,16-17H2,1H3;2*1-2H3. The highest BCUT2D eigenvalue weighted by Gasteiger charge is 2.12. The molecule has 0 bridgehead atoms. The number of aromatic nitrogens is 1. The van der Waals surface area contributed by atoms with Crippen LogP contribution in [-0.2, 0) is 22.5 Å². The summed E-state index contributed by atoms with van der Waals surface area (Å²) >= 11 is 0. The second-order valence-corrected chi connectivity index (χ2v) is 6.84. The number of rotatable bonds is 7. The molecule has 4 nitrogen and oxygen atoms in total. The molecule has 174 valence electrons. The number of carbonyl (C=O) groups is 1. The smallest absolute Gasteiger partial charge is 0.310 e. The first-order valence-corrected chi connectivity index (χ1v) is 11.8. The highest BCUT2D eigenvalue weighted by Crippen LogP contribution is 2.25. The van der Waals surface area contributed by atoms with Gasteiger partial charge >= 0.3 is 5.97 Å². The van der Waals surface area contributed by atoms with Gasteiger partial charge in [0.15, 0.2) is 0 Å². The van der Waals surface area contributed by atoms with Gasteiger partial charge in [-0.3, -0.25) is 4.79 Å². The van der Waals surface area contributed by atoms with Gasteiger partial charge < -0.3 is 14.0 Å². The Morgan fingerprint density at radius 2 is 1.39 bits per heavy atom. The average molecular weight is 446 g/mol. The molecular formula is C29H35NO3. The van der Waals surface area contributed by atoms with Gasteiger partial charge in [0.05, 0.1) is 13.0 Å². The van der Waals surface area contributed by atoms with E-state index in [0.717, 1.165) is 40.1 Å². The first-order chi connectivity index (χ1) is 16.2. The van der Waals surface area contributed by atoms with E-state index in [-0.39, 0.29) is 12.4 Å². The quantitative estimate of drug-likeness (QED) is 0.274. The number of benzene rings is 3. The van der Waals surface area contributed by atoms with Crippen LogP contribution in [0.15, 0.2) is 85.1 Å². The Hall–Kier alpha value is -3.53. The first kappa shape index (κ1) is 25.7. The summed E-state index contributed by atoms with van der Waals surface area (Å²) in [7, 11) is 0. The van der Waals surface area contributed by atoms with Gasteiger partial charge in [0.1, 0.15) is 11.5 Å². The zero-order valence-corrected chi connectivity index (χ0v) is 20.4.